The highest BCUT2D eigenvalue weighted by molar-refractivity contribution is 7.89. The maximum Gasteiger partial charge on any atom is 0.332 e. The Morgan fingerprint density at radius 2 is 1.79 bits per heavy atom. The molecule has 1 amide bonds. The van der Waals surface area contributed by atoms with E-state index in [4.69, 9.17) is 4.74 Å². The van der Waals surface area contributed by atoms with Crippen molar-refractivity contribution in [2.45, 2.75) is 12.3 Å². The monoisotopic (exact) mass is 421 g/mol. The lowest BCUT2D eigenvalue weighted by Gasteiger charge is -2.09. The van der Waals surface area contributed by atoms with Gasteiger partial charge in [0.15, 0.2) is 11.2 Å². The summed E-state index contributed by atoms with van der Waals surface area (Å²) in [5.41, 5.74) is -0.582. The summed E-state index contributed by atoms with van der Waals surface area (Å²) in [6, 6.07) is 6.39. The third kappa shape index (κ3) is 4.06. The molecular formula is C17H19N5O6S. The molecule has 0 atom stereocenters. The van der Waals surface area contributed by atoms with E-state index in [1.165, 1.54) is 36.7 Å². The molecule has 0 saturated carbocycles. The topological polar surface area (TPSA) is 134 Å². The minimum absolute atomic E-state index is 0.0253. The molecule has 0 bridgehead atoms. The Morgan fingerprint density at radius 3 is 2.41 bits per heavy atom. The fourth-order valence-electron chi connectivity index (χ4n) is 2.85. The summed E-state index contributed by atoms with van der Waals surface area (Å²) in [6.07, 6.45) is 1.21. The number of methoxy groups -OCH3 is 1. The third-order valence-electron chi connectivity index (χ3n) is 4.32. The second-order valence-electron chi connectivity index (χ2n) is 6.38. The van der Waals surface area contributed by atoms with Gasteiger partial charge in [-0.25, -0.2) is 18.2 Å². The van der Waals surface area contributed by atoms with Gasteiger partial charge in [0, 0.05) is 14.1 Å². The predicted molar refractivity (Wildman–Crippen MR) is 104 cm³/mol. The van der Waals surface area contributed by atoms with Gasteiger partial charge in [-0.2, -0.15) is 0 Å². The summed E-state index contributed by atoms with van der Waals surface area (Å²) in [5, 5.41) is 0. The second-order valence-corrected chi connectivity index (χ2v) is 8.11. The van der Waals surface area contributed by atoms with Crippen molar-refractivity contribution < 1.29 is 17.9 Å². The third-order valence-corrected chi connectivity index (χ3v) is 5.57. The Bertz CT molecular complexity index is 1300. The van der Waals surface area contributed by atoms with Gasteiger partial charge in [0.05, 0.1) is 19.2 Å². The molecule has 2 aromatic heterocycles. The number of hydrogen-bond donors (Lipinski definition) is 1. The van der Waals surface area contributed by atoms with Crippen molar-refractivity contribution in [1.29, 1.82) is 0 Å². The fraction of sp³-hybridized carbons (Fsp3) is 0.294. The number of nitrogens with one attached hydrogen (secondary N) is 1. The molecule has 0 fully saturated rings. The lowest BCUT2D eigenvalue weighted by molar-refractivity contribution is -0.119. The molecule has 11 nitrogen and oxygen atoms in total. The number of amides is 1. The average molecular weight is 421 g/mol. The highest BCUT2D eigenvalue weighted by Gasteiger charge is 2.19. The van der Waals surface area contributed by atoms with Crippen molar-refractivity contribution in [2.75, 3.05) is 7.11 Å². The van der Waals surface area contributed by atoms with Gasteiger partial charge in [-0.15, -0.1) is 0 Å². The first-order valence-electron chi connectivity index (χ1n) is 8.40. The van der Waals surface area contributed by atoms with Crippen LogP contribution < -0.4 is 20.7 Å². The van der Waals surface area contributed by atoms with Crippen LogP contribution >= 0.6 is 0 Å². The lowest BCUT2D eigenvalue weighted by atomic mass is 10.2. The molecule has 3 rings (SSSR count). The van der Waals surface area contributed by atoms with Crippen LogP contribution in [0.25, 0.3) is 11.2 Å². The van der Waals surface area contributed by atoms with E-state index in [0.29, 0.717) is 11.3 Å². The summed E-state index contributed by atoms with van der Waals surface area (Å²) in [5.74, 6) is -0.657. The van der Waals surface area contributed by atoms with Crippen LogP contribution in [-0.2, 0) is 41.2 Å². The maximum atomic E-state index is 12.4. The Hall–Kier alpha value is -3.41. The molecule has 0 aliphatic heterocycles. The molecule has 154 valence electrons. The summed E-state index contributed by atoms with van der Waals surface area (Å²) in [7, 11) is 0.293. The van der Waals surface area contributed by atoms with Crippen LogP contribution in [-0.4, -0.2) is 40.1 Å². The number of rotatable bonds is 6. The molecule has 1 N–H and O–H groups in total. The SMILES string of the molecule is COc1ccc(CS(=O)(=O)NC(=O)Cn2cnc3c2c(=O)n(C)c(=O)n3C)cc1. The average Bonchev–Trinajstić information content (AvgIpc) is 3.08. The van der Waals surface area contributed by atoms with Gasteiger partial charge in [0.25, 0.3) is 11.5 Å². The second kappa shape index (κ2) is 7.54. The number of ether oxygens (including phenoxy) is 1. The van der Waals surface area contributed by atoms with Gasteiger partial charge in [0.1, 0.15) is 12.3 Å². The molecule has 3 aromatic rings. The maximum absolute atomic E-state index is 12.4. The number of hydrogen-bond acceptors (Lipinski definition) is 7. The van der Waals surface area contributed by atoms with E-state index < -0.39 is 39.5 Å². The number of imidazole rings is 1. The van der Waals surface area contributed by atoms with Gasteiger partial charge in [0.2, 0.25) is 10.0 Å². The van der Waals surface area contributed by atoms with Crippen molar-refractivity contribution in [3.63, 3.8) is 0 Å². The van der Waals surface area contributed by atoms with Crippen LogP contribution in [0.15, 0.2) is 40.2 Å². The summed E-state index contributed by atoms with van der Waals surface area (Å²) >= 11 is 0. The van der Waals surface area contributed by atoms with Crippen molar-refractivity contribution >= 4 is 27.1 Å². The molecule has 29 heavy (non-hydrogen) atoms. The molecule has 1 aromatic carbocycles. The van der Waals surface area contributed by atoms with Gasteiger partial charge < -0.3 is 9.30 Å². The standard InChI is InChI=1S/C17H19N5O6S/c1-20-15-14(16(24)21(2)17(20)25)22(10-18-15)8-13(23)19-29(26,27)9-11-4-6-12(28-3)7-5-11/h4-7,10H,8-9H2,1-3H3,(H,19,23). The highest BCUT2D eigenvalue weighted by Crippen LogP contribution is 2.13. The largest absolute Gasteiger partial charge is 0.497 e. The molecule has 0 aliphatic carbocycles. The predicted octanol–water partition coefficient (Wildman–Crippen LogP) is -0.911. The first-order valence-corrected chi connectivity index (χ1v) is 10.1. The lowest BCUT2D eigenvalue weighted by Crippen LogP contribution is -2.38. The van der Waals surface area contributed by atoms with Crippen LogP contribution in [0.2, 0.25) is 0 Å². The van der Waals surface area contributed by atoms with Gasteiger partial charge in [-0.05, 0) is 17.7 Å². The zero-order valence-corrected chi connectivity index (χ0v) is 16.8. The smallest absolute Gasteiger partial charge is 0.332 e. The molecular weight excluding hydrogens is 402 g/mol. The Balaban J connectivity index is 1.80. The molecule has 0 spiro atoms. The molecule has 0 saturated heterocycles. The quantitative estimate of drug-likeness (QED) is 0.544. The van der Waals surface area contributed by atoms with Crippen molar-refractivity contribution in [1.82, 2.24) is 23.4 Å². The molecule has 12 heteroatoms. The van der Waals surface area contributed by atoms with E-state index in [-0.39, 0.29) is 11.2 Å². The number of aromatic nitrogens is 4. The molecule has 0 unspecified atom stereocenters. The number of fused-ring (bicyclic) bond motifs is 1. The minimum Gasteiger partial charge on any atom is -0.497 e. The highest BCUT2D eigenvalue weighted by atomic mass is 32.2. The van der Waals surface area contributed by atoms with Gasteiger partial charge in [-0.1, -0.05) is 12.1 Å². The zero-order valence-electron chi connectivity index (χ0n) is 15.9. The number of nitrogens with zero attached hydrogens (tertiary/aromatic N) is 4. The zero-order chi connectivity index (χ0) is 21.3. The molecule has 2 heterocycles. The van der Waals surface area contributed by atoms with Crippen molar-refractivity contribution in [2.24, 2.45) is 14.1 Å². The van der Waals surface area contributed by atoms with Gasteiger partial charge >= 0.3 is 5.69 Å². The van der Waals surface area contributed by atoms with Crippen molar-refractivity contribution in [3.05, 3.63) is 57.0 Å². The van der Waals surface area contributed by atoms with E-state index in [0.717, 1.165) is 4.57 Å². The Labute approximate surface area is 165 Å². The Morgan fingerprint density at radius 1 is 1.14 bits per heavy atom. The number of aryl methyl sites for hydroxylation is 1. The number of carbonyl (C=O) groups excluding carboxylic acids is 1. The van der Waals surface area contributed by atoms with E-state index >= 15 is 0 Å². The molecule has 0 radical (unpaired) electrons. The number of sulfonamides is 1. The molecule has 0 aliphatic rings. The van der Waals surface area contributed by atoms with Crippen molar-refractivity contribution in [3.8, 4) is 5.75 Å². The number of benzene rings is 1. The van der Waals surface area contributed by atoms with E-state index in [1.807, 2.05) is 4.72 Å². The number of carbonyl (C=O) groups is 1. The first kappa shape index (κ1) is 20.3. The van der Waals surface area contributed by atoms with Crippen LogP contribution in [0.3, 0.4) is 0 Å². The Kier molecular flexibility index (Phi) is 5.29. The van der Waals surface area contributed by atoms with Crippen LogP contribution in [0.1, 0.15) is 5.56 Å². The van der Waals surface area contributed by atoms with E-state index in [2.05, 4.69) is 4.98 Å². The van der Waals surface area contributed by atoms with E-state index in [1.54, 1.807) is 24.3 Å². The minimum atomic E-state index is -3.96. The normalized spacial score (nSPS) is 11.6. The first-order chi connectivity index (χ1) is 13.6. The summed E-state index contributed by atoms with van der Waals surface area (Å²) < 4.78 is 34.8. The van der Waals surface area contributed by atoms with E-state index in [9.17, 15) is 22.8 Å². The van der Waals surface area contributed by atoms with Gasteiger partial charge in [-0.3, -0.25) is 23.4 Å². The summed E-state index contributed by atoms with van der Waals surface area (Å²) in [4.78, 5) is 40.6. The summed E-state index contributed by atoms with van der Waals surface area (Å²) in [6.45, 7) is -0.453. The van der Waals surface area contributed by atoms with Crippen LogP contribution in [0, 0.1) is 0 Å². The van der Waals surface area contributed by atoms with Crippen LogP contribution in [0.5, 0.6) is 5.75 Å². The van der Waals surface area contributed by atoms with Crippen LogP contribution in [0.4, 0.5) is 0 Å². The fourth-order valence-corrected chi connectivity index (χ4v) is 3.97.